The van der Waals surface area contributed by atoms with Gasteiger partial charge in [0.2, 0.25) is 0 Å². The average Bonchev–Trinajstić information content (AvgIpc) is 2.87. The smallest absolute Gasteiger partial charge is 0.327 e. The first-order chi connectivity index (χ1) is 6.15. The summed E-state index contributed by atoms with van der Waals surface area (Å²) < 4.78 is 4.66. The molecule has 1 saturated carbocycles. The van der Waals surface area contributed by atoms with Gasteiger partial charge in [0, 0.05) is 0 Å². The van der Waals surface area contributed by atoms with Gasteiger partial charge in [-0.15, -0.1) is 0 Å². The van der Waals surface area contributed by atoms with E-state index >= 15 is 0 Å². The molecule has 3 nitrogen and oxygen atoms in total. The monoisotopic (exact) mass is 183 g/mol. The molecule has 74 valence electrons. The summed E-state index contributed by atoms with van der Waals surface area (Å²) in [7, 11) is 1.40. The third-order valence-corrected chi connectivity index (χ3v) is 2.24. The molecule has 0 saturated heterocycles. The first kappa shape index (κ1) is 10.3. The molecule has 13 heavy (non-hydrogen) atoms. The lowest BCUT2D eigenvalue weighted by atomic mass is 10.1. The quantitative estimate of drug-likeness (QED) is 0.512. The van der Waals surface area contributed by atoms with Crippen molar-refractivity contribution in [2.24, 2.45) is 5.92 Å². The highest BCUT2D eigenvalue weighted by atomic mass is 16.5. The molecular weight excluding hydrogens is 166 g/mol. The van der Waals surface area contributed by atoms with Crippen LogP contribution in [0.4, 0.5) is 0 Å². The molecule has 1 N–H and O–H groups in total. The highest BCUT2D eigenvalue weighted by molar-refractivity contribution is 5.79. The van der Waals surface area contributed by atoms with E-state index in [9.17, 15) is 4.79 Å². The fourth-order valence-corrected chi connectivity index (χ4v) is 1.18. The maximum Gasteiger partial charge on any atom is 0.327 e. The lowest BCUT2D eigenvalue weighted by molar-refractivity contribution is -0.142. The number of hydrogen-bond acceptors (Lipinski definition) is 3. The summed E-state index contributed by atoms with van der Waals surface area (Å²) in [5.74, 6) is 0.514. The topological polar surface area (TPSA) is 38.3 Å². The SMILES string of the molecule is C=C(C)C(NCC1CC1)C(=O)OC. The molecule has 1 fully saturated rings. The third kappa shape index (κ3) is 3.19. The van der Waals surface area contributed by atoms with E-state index in [1.54, 1.807) is 0 Å². The predicted octanol–water partition coefficient (Wildman–Crippen LogP) is 1.10. The van der Waals surface area contributed by atoms with Crippen LogP contribution in [0.25, 0.3) is 0 Å². The van der Waals surface area contributed by atoms with Gasteiger partial charge < -0.3 is 10.1 Å². The van der Waals surface area contributed by atoms with Crippen molar-refractivity contribution in [2.75, 3.05) is 13.7 Å². The van der Waals surface area contributed by atoms with Gasteiger partial charge in [-0.25, -0.2) is 0 Å². The Bertz CT molecular complexity index is 209. The molecule has 0 aromatic rings. The van der Waals surface area contributed by atoms with Gasteiger partial charge in [0.15, 0.2) is 0 Å². The van der Waals surface area contributed by atoms with E-state index in [0.717, 1.165) is 18.0 Å². The Labute approximate surface area is 79.2 Å². The average molecular weight is 183 g/mol. The maximum atomic E-state index is 11.2. The van der Waals surface area contributed by atoms with Crippen LogP contribution in [0.3, 0.4) is 0 Å². The highest BCUT2D eigenvalue weighted by Crippen LogP contribution is 2.27. The predicted molar refractivity (Wildman–Crippen MR) is 51.3 cm³/mol. The molecule has 0 heterocycles. The van der Waals surface area contributed by atoms with Crippen molar-refractivity contribution < 1.29 is 9.53 Å². The van der Waals surface area contributed by atoms with Gasteiger partial charge in [-0.1, -0.05) is 12.2 Å². The number of methoxy groups -OCH3 is 1. The van der Waals surface area contributed by atoms with E-state index in [1.165, 1.54) is 20.0 Å². The fraction of sp³-hybridized carbons (Fsp3) is 0.700. The van der Waals surface area contributed by atoms with Crippen LogP contribution in [0.5, 0.6) is 0 Å². The fourth-order valence-electron chi connectivity index (χ4n) is 1.18. The minimum atomic E-state index is -0.328. The molecule has 1 aliphatic carbocycles. The normalized spacial score (nSPS) is 18.0. The van der Waals surface area contributed by atoms with Crippen molar-refractivity contribution in [1.29, 1.82) is 0 Å². The van der Waals surface area contributed by atoms with Crippen LogP contribution >= 0.6 is 0 Å². The molecule has 1 unspecified atom stereocenters. The molecule has 1 aliphatic rings. The largest absolute Gasteiger partial charge is 0.468 e. The molecule has 0 spiro atoms. The van der Waals surface area contributed by atoms with Gasteiger partial charge in [0.05, 0.1) is 7.11 Å². The zero-order chi connectivity index (χ0) is 9.84. The zero-order valence-electron chi connectivity index (χ0n) is 8.30. The molecule has 0 bridgehead atoms. The number of ether oxygens (including phenoxy) is 1. The van der Waals surface area contributed by atoms with Gasteiger partial charge in [0.1, 0.15) is 6.04 Å². The van der Waals surface area contributed by atoms with E-state index < -0.39 is 0 Å². The second kappa shape index (κ2) is 4.42. The Hall–Kier alpha value is -0.830. The Morgan fingerprint density at radius 2 is 2.31 bits per heavy atom. The molecule has 0 aromatic heterocycles. The summed E-state index contributed by atoms with van der Waals surface area (Å²) in [5.41, 5.74) is 0.813. The molecule has 1 rings (SSSR count). The van der Waals surface area contributed by atoms with E-state index in [2.05, 4.69) is 16.6 Å². The van der Waals surface area contributed by atoms with Gasteiger partial charge in [-0.3, -0.25) is 4.79 Å². The van der Waals surface area contributed by atoms with Crippen LogP contribution in [0.1, 0.15) is 19.8 Å². The summed E-state index contributed by atoms with van der Waals surface area (Å²) in [6.07, 6.45) is 2.55. The molecule has 0 aliphatic heterocycles. The van der Waals surface area contributed by atoms with Gasteiger partial charge >= 0.3 is 5.97 Å². The first-order valence-corrected chi connectivity index (χ1v) is 4.61. The number of rotatable bonds is 5. The van der Waals surface area contributed by atoms with Crippen molar-refractivity contribution in [3.05, 3.63) is 12.2 Å². The lowest BCUT2D eigenvalue weighted by Gasteiger charge is -2.15. The summed E-state index contributed by atoms with van der Waals surface area (Å²) in [6.45, 7) is 6.49. The number of nitrogens with one attached hydrogen (secondary N) is 1. The van der Waals surface area contributed by atoms with Gasteiger partial charge in [0.25, 0.3) is 0 Å². The molecular formula is C10H17NO2. The van der Waals surface area contributed by atoms with Crippen LogP contribution < -0.4 is 5.32 Å². The van der Waals surface area contributed by atoms with Gasteiger partial charge in [-0.2, -0.15) is 0 Å². The second-order valence-electron chi connectivity index (χ2n) is 3.65. The minimum Gasteiger partial charge on any atom is -0.468 e. The molecule has 3 heteroatoms. The number of carbonyl (C=O) groups is 1. The standard InChI is InChI=1S/C10H17NO2/c1-7(2)9(10(12)13-3)11-6-8-4-5-8/h8-9,11H,1,4-6H2,2-3H3. The van der Waals surface area contributed by atoms with E-state index in [-0.39, 0.29) is 12.0 Å². The van der Waals surface area contributed by atoms with Crippen LogP contribution in [-0.2, 0) is 9.53 Å². The maximum absolute atomic E-state index is 11.2. The van der Waals surface area contributed by atoms with Crippen molar-refractivity contribution in [3.8, 4) is 0 Å². The molecule has 0 amide bonds. The van der Waals surface area contributed by atoms with Crippen LogP contribution in [-0.4, -0.2) is 25.7 Å². The number of carbonyl (C=O) groups excluding carboxylic acids is 1. The molecule has 0 aromatic carbocycles. The highest BCUT2D eigenvalue weighted by Gasteiger charge is 2.25. The number of hydrogen-bond donors (Lipinski definition) is 1. The summed E-state index contributed by atoms with van der Waals surface area (Å²) >= 11 is 0. The Morgan fingerprint density at radius 1 is 1.69 bits per heavy atom. The number of esters is 1. The molecule has 1 atom stereocenters. The van der Waals surface area contributed by atoms with E-state index in [4.69, 9.17) is 0 Å². The third-order valence-electron chi connectivity index (χ3n) is 2.24. The first-order valence-electron chi connectivity index (χ1n) is 4.61. The summed E-state index contributed by atoms with van der Waals surface area (Å²) in [4.78, 5) is 11.2. The zero-order valence-corrected chi connectivity index (χ0v) is 8.30. The Morgan fingerprint density at radius 3 is 2.69 bits per heavy atom. The summed E-state index contributed by atoms with van der Waals surface area (Å²) in [5, 5.41) is 3.16. The van der Waals surface area contributed by atoms with Crippen LogP contribution in [0.15, 0.2) is 12.2 Å². The Balaban J connectivity index is 2.36. The second-order valence-corrected chi connectivity index (χ2v) is 3.65. The Kier molecular flexibility index (Phi) is 3.48. The van der Waals surface area contributed by atoms with E-state index in [1.807, 2.05) is 6.92 Å². The van der Waals surface area contributed by atoms with Gasteiger partial charge in [-0.05, 0) is 32.2 Å². The van der Waals surface area contributed by atoms with Crippen LogP contribution in [0.2, 0.25) is 0 Å². The van der Waals surface area contributed by atoms with E-state index in [0.29, 0.717) is 0 Å². The summed E-state index contributed by atoms with van der Waals surface area (Å²) in [6, 6.07) is -0.328. The van der Waals surface area contributed by atoms with Crippen molar-refractivity contribution >= 4 is 5.97 Å². The van der Waals surface area contributed by atoms with Crippen molar-refractivity contribution in [3.63, 3.8) is 0 Å². The minimum absolute atomic E-state index is 0.242. The lowest BCUT2D eigenvalue weighted by Crippen LogP contribution is -2.39. The van der Waals surface area contributed by atoms with Crippen molar-refractivity contribution in [2.45, 2.75) is 25.8 Å². The van der Waals surface area contributed by atoms with Crippen molar-refractivity contribution in [1.82, 2.24) is 5.32 Å². The molecule has 0 radical (unpaired) electrons. The van der Waals surface area contributed by atoms with Crippen LogP contribution in [0, 0.1) is 5.92 Å².